The molecule has 0 N–H and O–H groups in total. The zero-order valence-corrected chi connectivity index (χ0v) is 18.4. The summed E-state index contributed by atoms with van der Waals surface area (Å²) in [5.41, 5.74) is 0.950. The van der Waals surface area contributed by atoms with Crippen LogP contribution in [0, 0.1) is 0 Å². The largest absolute Gasteiger partial charge is 0.497 e. The van der Waals surface area contributed by atoms with E-state index in [1.54, 1.807) is 23.9 Å². The summed E-state index contributed by atoms with van der Waals surface area (Å²) < 4.78 is 43.3. The monoisotopic (exact) mass is 438 g/mol. The summed E-state index contributed by atoms with van der Waals surface area (Å²) in [5.74, 6) is 0.595. The first-order chi connectivity index (χ1) is 13.5. The maximum atomic E-state index is 12.8. The Hall–Kier alpha value is -1.81. The lowest BCUT2D eigenvalue weighted by Gasteiger charge is -2.06. The zero-order valence-electron chi connectivity index (χ0n) is 15.9. The number of fused-ring (bicyclic) bond motifs is 1. The van der Waals surface area contributed by atoms with Crippen molar-refractivity contribution in [3.8, 4) is 5.75 Å². The third-order valence-corrected chi connectivity index (χ3v) is 7.27. The molecule has 28 heavy (non-hydrogen) atoms. The van der Waals surface area contributed by atoms with Gasteiger partial charge in [-0.25, -0.2) is 0 Å². The second-order valence-corrected chi connectivity index (χ2v) is 9.30. The van der Waals surface area contributed by atoms with Crippen molar-refractivity contribution in [3.63, 3.8) is 0 Å². The first kappa shape index (κ1) is 20.9. The molecular formula is C19H22N2O4S3. The van der Waals surface area contributed by atoms with Crippen molar-refractivity contribution in [3.05, 3.63) is 47.3 Å². The number of ether oxygens (including phenoxy) is 2. The molecule has 6 nitrogen and oxygen atoms in total. The van der Waals surface area contributed by atoms with E-state index in [-0.39, 0.29) is 4.90 Å². The molecule has 0 amide bonds. The molecule has 1 aromatic heterocycles. The zero-order chi connectivity index (χ0) is 20.1. The quantitative estimate of drug-likeness (QED) is 0.396. The number of rotatable bonds is 8. The predicted molar refractivity (Wildman–Crippen MR) is 114 cm³/mol. The van der Waals surface area contributed by atoms with Gasteiger partial charge in [0.05, 0.1) is 28.8 Å². The molecule has 150 valence electrons. The Morgan fingerprint density at radius 2 is 1.93 bits per heavy atom. The van der Waals surface area contributed by atoms with E-state index in [0.29, 0.717) is 30.3 Å². The summed E-state index contributed by atoms with van der Waals surface area (Å²) in [6.45, 7) is 3.56. The number of sulfonamides is 1. The van der Waals surface area contributed by atoms with Gasteiger partial charge in [0.2, 0.25) is 4.80 Å². The average molecular weight is 439 g/mol. The van der Waals surface area contributed by atoms with Crippen molar-refractivity contribution in [2.24, 2.45) is 4.40 Å². The van der Waals surface area contributed by atoms with E-state index in [9.17, 15) is 8.42 Å². The van der Waals surface area contributed by atoms with Gasteiger partial charge < -0.3 is 14.0 Å². The smallest absolute Gasteiger partial charge is 0.285 e. The average Bonchev–Trinajstić information content (AvgIpc) is 3.03. The standard InChI is InChI=1S/C19H22N2O4S3/c1-4-25-12-11-21-17-10-7-15(26-3)13-18(17)27-19(21)20-28(22,23)16-8-5-14(24-2)6-9-16/h5-10,13H,4,11-12H2,1-3H3. The van der Waals surface area contributed by atoms with Gasteiger partial charge in [0, 0.05) is 18.0 Å². The Labute approximate surface area is 172 Å². The van der Waals surface area contributed by atoms with Crippen LogP contribution in [0.15, 0.2) is 56.7 Å². The molecule has 0 aliphatic heterocycles. The lowest BCUT2D eigenvalue weighted by Crippen LogP contribution is -2.19. The van der Waals surface area contributed by atoms with Crippen molar-refractivity contribution in [2.75, 3.05) is 26.6 Å². The second-order valence-electron chi connectivity index (χ2n) is 5.81. The molecule has 0 spiro atoms. The molecule has 2 aromatic carbocycles. The van der Waals surface area contributed by atoms with Gasteiger partial charge in [0.25, 0.3) is 10.0 Å². The molecule has 0 fully saturated rings. The number of thiazole rings is 1. The van der Waals surface area contributed by atoms with Crippen molar-refractivity contribution in [1.82, 2.24) is 4.57 Å². The molecule has 3 rings (SSSR count). The summed E-state index contributed by atoms with van der Waals surface area (Å²) in [6, 6.07) is 12.3. The van der Waals surface area contributed by atoms with Crippen LogP contribution >= 0.6 is 23.1 Å². The fourth-order valence-electron chi connectivity index (χ4n) is 2.67. The Bertz CT molecular complexity index is 1120. The molecule has 0 saturated carbocycles. The molecule has 9 heteroatoms. The summed E-state index contributed by atoms with van der Waals surface area (Å²) in [6.07, 6.45) is 2.01. The first-order valence-electron chi connectivity index (χ1n) is 8.68. The number of methoxy groups -OCH3 is 1. The van der Waals surface area contributed by atoms with Crippen molar-refractivity contribution in [1.29, 1.82) is 0 Å². The molecule has 3 aromatic rings. The summed E-state index contributed by atoms with van der Waals surface area (Å²) in [5, 5.41) is 0. The molecule has 0 aliphatic carbocycles. The number of thioether (sulfide) groups is 1. The molecule has 0 saturated heterocycles. The molecule has 0 radical (unpaired) electrons. The normalized spacial score (nSPS) is 12.6. The Morgan fingerprint density at radius 3 is 2.57 bits per heavy atom. The van der Waals surface area contributed by atoms with Crippen LogP contribution in [-0.4, -0.2) is 39.6 Å². The Morgan fingerprint density at radius 1 is 1.18 bits per heavy atom. The van der Waals surface area contributed by atoms with E-state index in [2.05, 4.69) is 10.5 Å². The Kier molecular flexibility index (Phi) is 6.82. The van der Waals surface area contributed by atoms with Gasteiger partial charge in [0.1, 0.15) is 5.75 Å². The number of benzene rings is 2. The third kappa shape index (κ3) is 4.60. The third-order valence-electron chi connectivity index (χ3n) is 4.11. The molecular weight excluding hydrogens is 416 g/mol. The summed E-state index contributed by atoms with van der Waals surface area (Å²) in [7, 11) is -2.30. The molecule has 0 atom stereocenters. The molecule has 0 bridgehead atoms. The van der Waals surface area contributed by atoms with Crippen LogP contribution in [0.3, 0.4) is 0 Å². The van der Waals surface area contributed by atoms with Gasteiger partial charge in [-0.3, -0.25) is 0 Å². The van der Waals surface area contributed by atoms with E-state index in [1.165, 1.54) is 30.6 Å². The molecule has 0 unspecified atom stereocenters. The number of aromatic nitrogens is 1. The lowest BCUT2D eigenvalue weighted by atomic mass is 10.3. The SMILES string of the molecule is CCOCCn1c(=NS(=O)(=O)c2ccc(OC)cc2)sc2cc(SC)ccc21. The van der Waals surface area contributed by atoms with Crippen LogP contribution in [0.1, 0.15) is 6.92 Å². The maximum Gasteiger partial charge on any atom is 0.285 e. The minimum atomic E-state index is -3.84. The van der Waals surface area contributed by atoms with Gasteiger partial charge in [0.15, 0.2) is 0 Å². The number of nitrogens with zero attached hydrogens (tertiary/aromatic N) is 2. The Balaban J connectivity index is 2.11. The van der Waals surface area contributed by atoms with E-state index in [0.717, 1.165) is 15.1 Å². The van der Waals surface area contributed by atoms with Crippen molar-refractivity contribution >= 4 is 43.3 Å². The van der Waals surface area contributed by atoms with Crippen LogP contribution in [0.25, 0.3) is 10.2 Å². The summed E-state index contributed by atoms with van der Waals surface area (Å²) >= 11 is 3.01. The van der Waals surface area contributed by atoms with Gasteiger partial charge in [-0.05, 0) is 55.6 Å². The fraction of sp³-hybridized carbons (Fsp3) is 0.316. The highest BCUT2D eigenvalue weighted by atomic mass is 32.2. The lowest BCUT2D eigenvalue weighted by molar-refractivity contribution is 0.139. The highest BCUT2D eigenvalue weighted by Crippen LogP contribution is 2.25. The minimum absolute atomic E-state index is 0.131. The van der Waals surface area contributed by atoms with Gasteiger partial charge in [-0.2, -0.15) is 8.42 Å². The fourth-order valence-corrected chi connectivity index (χ4v) is 5.48. The number of hydrogen-bond donors (Lipinski definition) is 0. The van der Waals surface area contributed by atoms with Crippen LogP contribution in [0.2, 0.25) is 0 Å². The minimum Gasteiger partial charge on any atom is -0.497 e. The summed E-state index contributed by atoms with van der Waals surface area (Å²) in [4.78, 5) is 1.69. The topological polar surface area (TPSA) is 69.9 Å². The van der Waals surface area contributed by atoms with Gasteiger partial charge in [-0.15, -0.1) is 16.2 Å². The van der Waals surface area contributed by atoms with Crippen LogP contribution in [-0.2, 0) is 21.3 Å². The molecule has 1 heterocycles. The first-order valence-corrected chi connectivity index (χ1v) is 12.2. The number of hydrogen-bond acceptors (Lipinski definition) is 6. The van der Waals surface area contributed by atoms with E-state index < -0.39 is 10.0 Å². The van der Waals surface area contributed by atoms with Crippen LogP contribution < -0.4 is 9.54 Å². The maximum absolute atomic E-state index is 12.8. The van der Waals surface area contributed by atoms with E-state index >= 15 is 0 Å². The van der Waals surface area contributed by atoms with Gasteiger partial charge >= 0.3 is 0 Å². The van der Waals surface area contributed by atoms with Crippen LogP contribution in [0.5, 0.6) is 5.75 Å². The second kappa shape index (κ2) is 9.13. The van der Waals surface area contributed by atoms with Crippen molar-refractivity contribution < 1.29 is 17.9 Å². The highest BCUT2D eigenvalue weighted by Gasteiger charge is 2.15. The highest BCUT2D eigenvalue weighted by molar-refractivity contribution is 7.98. The van der Waals surface area contributed by atoms with Crippen molar-refractivity contribution in [2.45, 2.75) is 23.3 Å². The predicted octanol–water partition coefficient (Wildman–Crippen LogP) is 3.76. The van der Waals surface area contributed by atoms with E-state index in [4.69, 9.17) is 9.47 Å². The van der Waals surface area contributed by atoms with Gasteiger partial charge in [-0.1, -0.05) is 11.3 Å². The molecule has 0 aliphatic rings. The van der Waals surface area contributed by atoms with Crippen LogP contribution in [0.4, 0.5) is 0 Å². The van der Waals surface area contributed by atoms with E-state index in [1.807, 2.05) is 29.9 Å².